The first-order chi connectivity index (χ1) is 5.94. The second kappa shape index (κ2) is 5.15. The van der Waals surface area contributed by atoms with E-state index < -0.39 is 10.2 Å². The van der Waals surface area contributed by atoms with Crippen molar-refractivity contribution >= 4 is 16.0 Å². The lowest BCUT2D eigenvalue weighted by Crippen LogP contribution is -2.40. The molecule has 4 N–H and O–H groups in total. The summed E-state index contributed by atoms with van der Waals surface area (Å²) < 4.78 is 25.9. The Bertz CT molecular complexity index is 262. The maximum atomic E-state index is 11.2. The van der Waals surface area contributed by atoms with Crippen molar-refractivity contribution in [3.8, 4) is 0 Å². The van der Waals surface area contributed by atoms with Gasteiger partial charge >= 0.3 is 0 Å². The number of nitrogens with two attached hydrogens (primary N) is 1. The largest absolute Gasteiger partial charge is 0.388 e. The van der Waals surface area contributed by atoms with E-state index in [1.54, 1.807) is 6.92 Å². The van der Waals surface area contributed by atoms with E-state index in [1.165, 1.54) is 11.4 Å². The SMILES string of the molecule is CCN(CCC(=N)N)S(=O)(=O)NC. The number of nitrogens with one attached hydrogen (secondary N) is 2. The van der Waals surface area contributed by atoms with Gasteiger partial charge in [-0.2, -0.15) is 12.7 Å². The van der Waals surface area contributed by atoms with E-state index in [-0.39, 0.29) is 18.8 Å². The zero-order valence-corrected chi connectivity index (χ0v) is 8.69. The molecule has 13 heavy (non-hydrogen) atoms. The third-order valence-electron chi connectivity index (χ3n) is 1.58. The van der Waals surface area contributed by atoms with Gasteiger partial charge in [0.2, 0.25) is 0 Å². The monoisotopic (exact) mass is 208 g/mol. The van der Waals surface area contributed by atoms with Gasteiger partial charge in [-0.15, -0.1) is 0 Å². The van der Waals surface area contributed by atoms with Crippen LogP contribution in [0.5, 0.6) is 0 Å². The molecule has 0 aliphatic rings. The molecule has 0 aliphatic carbocycles. The summed E-state index contributed by atoms with van der Waals surface area (Å²) in [5.41, 5.74) is 5.12. The minimum atomic E-state index is -3.37. The summed E-state index contributed by atoms with van der Waals surface area (Å²) in [5.74, 6) is -0.00949. The Labute approximate surface area is 78.8 Å². The highest BCUT2D eigenvalue weighted by Crippen LogP contribution is 1.97. The first kappa shape index (κ1) is 12.3. The van der Waals surface area contributed by atoms with Gasteiger partial charge < -0.3 is 5.73 Å². The van der Waals surface area contributed by atoms with E-state index in [0.717, 1.165) is 0 Å². The van der Waals surface area contributed by atoms with Gasteiger partial charge in [-0.3, -0.25) is 5.41 Å². The maximum absolute atomic E-state index is 11.2. The summed E-state index contributed by atoms with van der Waals surface area (Å²) in [4.78, 5) is 0. The van der Waals surface area contributed by atoms with Crippen molar-refractivity contribution < 1.29 is 8.42 Å². The molecule has 0 fully saturated rings. The Hall–Kier alpha value is -0.660. The molecule has 0 heterocycles. The van der Waals surface area contributed by atoms with Crippen LogP contribution in [0, 0.1) is 5.41 Å². The Kier molecular flexibility index (Phi) is 4.89. The third-order valence-corrected chi connectivity index (χ3v) is 3.22. The molecule has 0 atom stereocenters. The molecule has 7 heteroatoms. The number of amidine groups is 1. The van der Waals surface area contributed by atoms with Crippen LogP contribution in [0.25, 0.3) is 0 Å². The highest BCUT2D eigenvalue weighted by atomic mass is 32.2. The zero-order chi connectivity index (χ0) is 10.5. The summed E-state index contributed by atoms with van der Waals surface area (Å²) in [6.45, 7) is 2.35. The van der Waals surface area contributed by atoms with Crippen LogP contribution in [0.3, 0.4) is 0 Å². The molecular weight excluding hydrogens is 192 g/mol. The topological polar surface area (TPSA) is 99.3 Å². The van der Waals surface area contributed by atoms with Crippen molar-refractivity contribution in [1.82, 2.24) is 9.03 Å². The van der Waals surface area contributed by atoms with Crippen LogP contribution >= 0.6 is 0 Å². The van der Waals surface area contributed by atoms with Crippen molar-refractivity contribution in [3.63, 3.8) is 0 Å². The molecule has 0 bridgehead atoms. The van der Waals surface area contributed by atoms with Gasteiger partial charge in [0.05, 0.1) is 5.84 Å². The fraction of sp³-hybridized carbons (Fsp3) is 0.833. The first-order valence-corrected chi connectivity index (χ1v) is 5.39. The molecule has 0 saturated carbocycles. The van der Waals surface area contributed by atoms with E-state index in [0.29, 0.717) is 6.54 Å². The van der Waals surface area contributed by atoms with Gasteiger partial charge in [0.25, 0.3) is 10.2 Å². The lowest BCUT2D eigenvalue weighted by molar-refractivity contribution is 0.430. The summed E-state index contributed by atoms with van der Waals surface area (Å²) in [6, 6.07) is 0. The quantitative estimate of drug-likeness (QED) is 0.389. The predicted octanol–water partition coefficient (Wildman–Crippen LogP) is -0.901. The van der Waals surface area contributed by atoms with Gasteiger partial charge in [-0.25, -0.2) is 4.72 Å². The van der Waals surface area contributed by atoms with Crippen LogP contribution in [-0.2, 0) is 10.2 Å². The molecule has 0 unspecified atom stereocenters. The van der Waals surface area contributed by atoms with Crippen molar-refractivity contribution in [1.29, 1.82) is 5.41 Å². The highest BCUT2D eigenvalue weighted by molar-refractivity contribution is 7.87. The molecule has 6 nitrogen and oxygen atoms in total. The number of rotatable bonds is 6. The molecule has 0 spiro atoms. The second-order valence-corrected chi connectivity index (χ2v) is 4.35. The van der Waals surface area contributed by atoms with E-state index in [1.807, 2.05) is 0 Å². The summed E-state index contributed by atoms with van der Waals surface area (Å²) >= 11 is 0. The molecule has 0 aromatic heterocycles. The summed E-state index contributed by atoms with van der Waals surface area (Å²) in [5, 5.41) is 6.96. The predicted molar refractivity (Wildman–Crippen MR) is 51.8 cm³/mol. The maximum Gasteiger partial charge on any atom is 0.279 e. The Morgan fingerprint density at radius 1 is 1.62 bits per heavy atom. The molecule has 0 aromatic rings. The number of hydrogen-bond donors (Lipinski definition) is 3. The van der Waals surface area contributed by atoms with Crippen LogP contribution in [0.15, 0.2) is 0 Å². The van der Waals surface area contributed by atoms with Gasteiger partial charge in [0.1, 0.15) is 0 Å². The molecule has 78 valence electrons. The van der Waals surface area contributed by atoms with Crippen LogP contribution < -0.4 is 10.5 Å². The van der Waals surface area contributed by atoms with E-state index in [2.05, 4.69) is 4.72 Å². The minimum absolute atomic E-state index is 0.00949. The van der Waals surface area contributed by atoms with Crippen LogP contribution in [0.4, 0.5) is 0 Å². The average Bonchev–Trinajstić information content (AvgIpc) is 2.04. The lowest BCUT2D eigenvalue weighted by Gasteiger charge is -2.18. The van der Waals surface area contributed by atoms with Crippen molar-refractivity contribution in [2.45, 2.75) is 13.3 Å². The average molecular weight is 208 g/mol. The third kappa shape index (κ3) is 4.20. The molecule has 0 saturated heterocycles. The van der Waals surface area contributed by atoms with E-state index in [4.69, 9.17) is 11.1 Å². The summed E-state index contributed by atoms with van der Waals surface area (Å²) in [6.07, 6.45) is 0.259. The Morgan fingerprint density at radius 3 is 2.46 bits per heavy atom. The van der Waals surface area contributed by atoms with Crippen LogP contribution in [0.2, 0.25) is 0 Å². The smallest absolute Gasteiger partial charge is 0.279 e. The van der Waals surface area contributed by atoms with E-state index >= 15 is 0 Å². The second-order valence-electron chi connectivity index (χ2n) is 2.48. The Morgan fingerprint density at radius 2 is 2.15 bits per heavy atom. The molecule has 0 aliphatic heterocycles. The normalized spacial score (nSPS) is 11.9. The fourth-order valence-corrected chi connectivity index (χ4v) is 1.75. The Balaban J connectivity index is 4.27. The fourth-order valence-electron chi connectivity index (χ4n) is 0.823. The lowest BCUT2D eigenvalue weighted by atomic mass is 10.4. The minimum Gasteiger partial charge on any atom is -0.388 e. The van der Waals surface area contributed by atoms with Crippen LogP contribution in [-0.4, -0.2) is 38.7 Å². The van der Waals surface area contributed by atoms with Crippen molar-refractivity contribution in [2.24, 2.45) is 5.73 Å². The number of nitrogens with zero attached hydrogens (tertiary/aromatic N) is 1. The van der Waals surface area contributed by atoms with Gasteiger partial charge in [0, 0.05) is 26.6 Å². The van der Waals surface area contributed by atoms with Gasteiger partial charge in [-0.05, 0) is 0 Å². The molecular formula is C6H16N4O2S. The molecule has 0 rings (SSSR count). The molecule has 0 radical (unpaired) electrons. The van der Waals surface area contributed by atoms with Crippen LogP contribution in [0.1, 0.15) is 13.3 Å². The highest BCUT2D eigenvalue weighted by Gasteiger charge is 2.17. The molecule has 0 aromatic carbocycles. The van der Waals surface area contributed by atoms with E-state index in [9.17, 15) is 8.42 Å². The summed E-state index contributed by atoms with van der Waals surface area (Å²) in [7, 11) is -2.02. The molecule has 0 amide bonds. The van der Waals surface area contributed by atoms with Gasteiger partial charge in [0.15, 0.2) is 0 Å². The van der Waals surface area contributed by atoms with Crippen molar-refractivity contribution in [2.75, 3.05) is 20.1 Å². The standard InChI is InChI=1S/C6H16N4O2S/c1-3-10(5-4-6(7)8)13(11,12)9-2/h9H,3-5H2,1-2H3,(H3,7,8). The number of hydrogen-bond acceptors (Lipinski definition) is 3. The zero-order valence-electron chi connectivity index (χ0n) is 7.87. The van der Waals surface area contributed by atoms with Crippen molar-refractivity contribution in [3.05, 3.63) is 0 Å². The first-order valence-electron chi connectivity index (χ1n) is 3.95. The van der Waals surface area contributed by atoms with Gasteiger partial charge in [-0.1, -0.05) is 6.92 Å².